The predicted octanol–water partition coefficient (Wildman–Crippen LogP) is 4.01. The molecule has 3 rings (SSSR count). The second kappa shape index (κ2) is 8.96. The molecule has 152 valence electrons. The number of pyridine rings is 1. The highest BCUT2D eigenvalue weighted by Crippen LogP contribution is 2.27. The molecule has 0 fully saturated rings. The standard InChI is InChI=1S/C22H25N3O3S/c1-17-4-6-22(7-5-17)29(26,27)25(3)20-14-18(2)15-21(16-20)28-13-12-24-19-8-10-23-11-9-19/h4-11,14-16H,12-13H2,1-3H3,(H,23,24). The Bertz CT molecular complexity index is 1050. The van der Waals surface area contributed by atoms with Gasteiger partial charge in [-0.15, -0.1) is 0 Å². The van der Waals surface area contributed by atoms with Crippen LogP contribution in [-0.4, -0.2) is 33.6 Å². The molecule has 1 aromatic heterocycles. The van der Waals surface area contributed by atoms with E-state index in [4.69, 9.17) is 4.74 Å². The number of sulfonamides is 1. The van der Waals surface area contributed by atoms with Gasteiger partial charge in [-0.05, 0) is 55.8 Å². The van der Waals surface area contributed by atoms with E-state index in [1.165, 1.54) is 4.31 Å². The van der Waals surface area contributed by atoms with Crippen molar-refractivity contribution in [1.82, 2.24) is 4.98 Å². The van der Waals surface area contributed by atoms with Crippen LogP contribution in [0.1, 0.15) is 11.1 Å². The Kier molecular flexibility index (Phi) is 6.39. The maximum atomic E-state index is 13.0. The van der Waals surface area contributed by atoms with Gasteiger partial charge in [-0.1, -0.05) is 17.7 Å². The van der Waals surface area contributed by atoms with Crippen LogP contribution in [0, 0.1) is 13.8 Å². The fourth-order valence-corrected chi connectivity index (χ4v) is 4.01. The van der Waals surface area contributed by atoms with Gasteiger partial charge in [0.25, 0.3) is 10.0 Å². The Morgan fingerprint density at radius 1 is 0.966 bits per heavy atom. The molecule has 0 saturated carbocycles. The number of nitrogens with one attached hydrogen (secondary N) is 1. The molecular weight excluding hydrogens is 386 g/mol. The van der Waals surface area contributed by atoms with Gasteiger partial charge in [0.05, 0.1) is 10.6 Å². The first-order chi connectivity index (χ1) is 13.9. The molecule has 0 aliphatic heterocycles. The van der Waals surface area contributed by atoms with Gasteiger partial charge in [0.1, 0.15) is 12.4 Å². The van der Waals surface area contributed by atoms with Crippen LogP contribution in [0.2, 0.25) is 0 Å². The normalized spacial score (nSPS) is 11.1. The molecule has 1 N–H and O–H groups in total. The average Bonchev–Trinajstić information content (AvgIpc) is 2.71. The van der Waals surface area contributed by atoms with Crippen molar-refractivity contribution in [2.24, 2.45) is 0 Å². The van der Waals surface area contributed by atoms with Crippen molar-refractivity contribution >= 4 is 21.4 Å². The zero-order chi connectivity index (χ0) is 20.9. The second-order valence-corrected chi connectivity index (χ2v) is 8.77. The summed E-state index contributed by atoms with van der Waals surface area (Å²) >= 11 is 0. The fourth-order valence-electron chi connectivity index (χ4n) is 2.83. The van der Waals surface area contributed by atoms with E-state index in [0.29, 0.717) is 24.6 Å². The number of nitrogens with zero attached hydrogens (tertiary/aromatic N) is 2. The molecule has 0 amide bonds. The summed E-state index contributed by atoms with van der Waals surface area (Å²) in [5, 5.41) is 3.25. The molecule has 7 heteroatoms. The molecule has 3 aromatic rings. The molecule has 0 aliphatic carbocycles. The zero-order valence-electron chi connectivity index (χ0n) is 16.8. The Labute approximate surface area is 172 Å². The first kappa shape index (κ1) is 20.7. The molecule has 1 heterocycles. The summed E-state index contributed by atoms with van der Waals surface area (Å²) in [7, 11) is -2.09. The maximum absolute atomic E-state index is 13.0. The van der Waals surface area contributed by atoms with Crippen LogP contribution in [0.25, 0.3) is 0 Å². The van der Waals surface area contributed by atoms with E-state index in [1.54, 1.807) is 49.8 Å². The lowest BCUT2D eigenvalue weighted by Gasteiger charge is -2.21. The van der Waals surface area contributed by atoms with Crippen LogP contribution < -0.4 is 14.4 Å². The number of rotatable bonds is 8. The summed E-state index contributed by atoms with van der Waals surface area (Å²) in [6.07, 6.45) is 3.45. The van der Waals surface area contributed by atoms with Crippen molar-refractivity contribution in [3.05, 3.63) is 78.1 Å². The number of benzene rings is 2. The number of aryl methyl sites for hydroxylation is 2. The largest absolute Gasteiger partial charge is 0.492 e. The van der Waals surface area contributed by atoms with Crippen molar-refractivity contribution in [2.45, 2.75) is 18.7 Å². The van der Waals surface area contributed by atoms with E-state index in [0.717, 1.165) is 16.8 Å². The highest BCUT2D eigenvalue weighted by molar-refractivity contribution is 7.92. The van der Waals surface area contributed by atoms with Crippen LogP contribution in [0.4, 0.5) is 11.4 Å². The van der Waals surface area contributed by atoms with Gasteiger partial charge in [0.15, 0.2) is 0 Å². The average molecular weight is 412 g/mol. The SMILES string of the molecule is Cc1ccc(S(=O)(=O)N(C)c2cc(C)cc(OCCNc3ccncc3)c2)cc1. The molecule has 6 nitrogen and oxygen atoms in total. The Hall–Kier alpha value is -3.06. The smallest absolute Gasteiger partial charge is 0.264 e. The van der Waals surface area contributed by atoms with Crippen LogP contribution >= 0.6 is 0 Å². The molecule has 0 aliphatic rings. The number of hydrogen-bond donors (Lipinski definition) is 1. The molecular formula is C22H25N3O3S. The lowest BCUT2D eigenvalue weighted by molar-refractivity contribution is 0.333. The van der Waals surface area contributed by atoms with Gasteiger partial charge in [0, 0.05) is 37.7 Å². The third-order valence-electron chi connectivity index (χ3n) is 4.46. The van der Waals surface area contributed by atoms with Gasteiger partial charge in [0.2, 0.25) is 0 Å². The van der Waals surface area contributed by atoms with Crippen molar-refractivity contribution in [2.75, 3.05) is 29.8 Å². The number of anilines is 2. The number of ether oxygens (including phenoxy) is 1. The zero-order valence-corrected chi connectivity index (χ0v) is 17.6. The highest BCUT2D eigenvalue weighted by atomic mass is 32.2. The summed E-state index contributed by atoms with van der Waals surface area (Å²) < 4.78 is 33.0. The fraction of sp³-hybridized carbons (Fsp3) is 0.227. The van der Waals surface area contributed by atoms with Gasteiger partial charge < -0.3 is 10.1 Å². The summed E-state index contributed by atoms with van der Waals surface area (Å²) in [4.78, 5) is 4.24. The minimum atomic E-state index is -3.64. The van der Waals surface area contributed by atoms with Gasteiger partial charge in [-0.25, -0.2) is 8.42 Å². The van der Waals surface area contributed by atoms with E-state index in [9.17, 15) is 8.42 Å². The van der Waals surface area contributed by atoms with Gasteiger partial charge >= 0.3 is 0 Å². The third-order valence-corrected chi connectivity index (χ3v) is 6.26. The lowest BCUT2D eigenvalue weighted by atomic mass is 10.2. The van der Waals surface area contributed by atoms with Crippen molar-refractivity contribution < 1.29 is 13.2 Å². The molecule has 2 aromatic carbocycles. The van der Waals surface area contributed by atoms with Gasteiger partial charge in [-0.3, -0.25) is 9.29 Å². The Balaban J connectivity index is 1.70. The topological polar surface area (TPSA) is 71.5 Å². The minimum Gasteiger partial charge on any atom is -0.492 e. The number of hydrogen-bond acceptors (Lipinski definition) is 5. The van der Waals surface area contributed by atoms with Crippen molar-refractivity contribution in [3.8, 4) is 5.75 Å². The van der Waals surface area contributed by atoms with Crippen molar-refractivity contribution in [1.29, 1.82) is 0 Å². The predicted molar refractivity (Wildman–Crippen MR) is 116 cm³/mol. The Morgan fingerprint density at radius 3 is 2.34 bits per heavy atom. The maximum Gasteiger partial charge on any atom is 0.264 e. The summed E-state index contributed by atoms with van der Waals surface area (Å²) in [6, 6.07) is 16.1. The number of aromatic nitrogens is 1. The van der Waals surface area contributed by atoms with E-state index < -0.39 is 10.0 Å². The molecule has 0 spiro atoms. The van der Waals surface area contributed by atoms with Crippen LogP contribution in [0.5, 0.6) is 5.75 Å². The molecule has 0 radical (unpaired) electrons. The summed E-state index contributed by atoms with van der Waals surface area (Å²) in [6.45, 7) is 4.90. The first-order valence-electron chi connectivity index (χ1n) is 9.30. The molecule has 0 unspecified atom stereocenters. The molecule has 0 saturated heterocycles. The minimum absolute atomic E-state index is 0.260. The van der Waals surface area contributed by atoms with E-state index >= 15 is 0 Å². The van der Waals surface area contributed by atoms with E-state index in [2.05, 4.69) is 10.3 Å². The van der Waals surface area contributed by atoms with Crippen LogP contribution in [-0.2, 0) is 10.0 Å². The lowest BCUT2D eigenvalue weighted by Crippen LogP contribution is -2.26. The van der Waals surface area contributed by atoms with E-state index in [-0.39, 0.29) is 4.90 Å². The quantitative estimate of drug-likeness (QED) is 0.567. The Morgan fingerprint density at radius 2 is 1.66 bits per heavy atom. The highest BCUT2D eigenvalue weighted by Gasteiger charge is 2.21. The summed E-state index contributed by atoms with van der Waals surface area (Å²) in [5.74, 6) is 0.627. The van der Waals surface area contributed by atoms with Crippen LogP contribution in [0.3, 0.4) is 0 Å². The molecule has 29 heavy (non-hydrogen) atoms. The molecule has 0 atom stereocenters. The summed E-state index contributed by atoms with van der Waals surface area (Å²) in [5.41, 5.74) is 3.46. The van der Waals surface area contributed by atoms with Gasteiger partial charge in [-0.2, -0.15) is 0 Å². The third kappa shape index (κ3) is 5.26. The van der Waals surface area contributed by atoms with Crippen LogP contribution in [0.15, 0.2) is 71.9 Å². The molecule has 0 bridgehead atoms. The second-order valence-electron chi connectivity index (χ2n) is 6.80. The van der Waals surface area contributed by atoms with E-state index in [1.807, 2.05) is 38.1 Å². The monoisotopic (exact) mass is 411 g/mol. The first-order valence-corrected chi connectivity index (χ1v) is 10.7. The van der Waals surface area contributed by atoms with Crippen molar-refractivity contribution in [3.63, 3.8) is 0 Å².